The molecule has 5 nitrogen and oxygen atoms in total. The standard InChI is InChI=1S/C7H13NO2.C6H6.C4H8O2.C2H6/c1-8(2-6-4-9-6)3-7-5-10-7;1-2-4-6-5-3-1;1-5-2-4-3-6-4;1-2/h6-7H,2-5H2,1H3;1-6H;4H,2-3H2,1H3;1-2H3. The highest BCUT2D eigenvalue weighted by atomic mass is 16.6. The minimum atomic E-state index is 0.426. The van der Waals surface area contributed by atoms with Crippen LogP contribution in [0.25, 0.3) is 0 Å². The molecular weight excluding hydrogens is 306 g/mol. The van der Waals surface area contributed by atoms with E-state index in [9.17, 15) is 0 Å². The third kappa shape index (κ3) is 13.5. The normalized spacial score (nSPS) is 25.1. The molecule has 138 valence electrons. The van der Waals surface area contributed by atoms with Gasteiger partial charge < -0.3 is 23.8 Å². The number of nitrogens with zero attached hydrogens (tertiary/aromatic N) is 1. The molecule has 3 saturated heterocycles. The summed E-state index contributed by atoms with van der Waals surface area (Å²) in [5.41, 5.74) is 0. The van der Waals surface area contributed by atoms with Crippen molar-refractivity contribution >= 4 is 0 Å². The zero-order valence-electron chi connectivity index (χ0n) is 15.5. The van der Waals surface area contributed by atoms with Crippen LogP contribution in [0.1, 0.15) is 13.8 Å². The van der Waals surface area contributed by atoms with E-state index >= 15 is 0 Å². The van der Waals surface area contributed by atoms with Gasteiger partial charge in [0.1, 0.15) is 6.10 Å². The molecule has 0 bridgehead atoms. The van der Waals surface area contributed by atoms with Gasteiger partial charge in [0.15, 0.2) is 0 Å². The molecule has 24 heavy (non-hydrogen) atoms. The Morgan fingerprint density at radius 2 is 1.12 bits per heavy atom. The molecule has 0 amide bonds. The van der Waals surface area contributed by atoms with E-state index in [1.54, 1.807) is 7.11 Å². The van der Waals surface area contributed by atoms with Gasteiger partial charge in [0.25, 0.3) is 0 Å². The number of likely N-dealkylation sites (N-methyl/N-ethyl adjacent to an activating group) is 1. The van der Waals surface area contributed by atoms with Crippen molar-refractivity contribution in [2.75, 3.05) is 53.7 Å². The van der Waals surface area contributed by atoms with Gasteiger partial charge >= 0.3 is 0 Å². The first-order valence-electron chi connectivity index (χ1n) is 8.80. The lowest BCUT2D eigenvalue weighted by atomic mass is 10.4. The molecule has 3 heterocycles. The first-order valence-corrected chi connectivity index (χ1v) is 8.80. The van der Waals surface area contributed by atoms with Gasteiger partial charge in [-0.3, -0.25) is 0 Å². The number of epoxide rings is 3. The largest absolute Gasteiger partial charge is 0.382 e. The van der Waals surface area contributed by atoms with Crippen LogP contribution in [-0.4, -0.2) is 76.9 Å². The highest BCUT2D eigenvalue weighted by Gasteiger charge is 2.28. The molecule has 3 unspecified atom stereocenters. The monoisotopic (exact) mass is 339 g/mol. The van der Waals surface area contributed by atoms with Crippen molar-refractivity contribution < 1.29 is 18.9 Å². The quantitative estimate of drug-likeness (QED) is 0.745. The van der Waals surface area contributed by atoms with E-state index in [-0.39, 0.29) is 0 Å². The van der Waals surface area contributed by atoms with E-state index in [0.29, 0.717) is 18.3 Å². The maximum atomic E-state index is 5.10. The van der Waals surface area contributed by atoms with Gasteiger partial charge in [-0.2, -0.15) is 0 Å². The summed E-state index contributed by atoms with van der Waals surface area (Å²) >= 11 is 0. The second-order valence-corrected chi connectivity index (χ2v) is 5.70. The average Bonchev–Trinajstić information content (AvgIpc) is 3.45. The Hall–Kier alpha value is -0.980. The number of ether oxygens (including phenoxy) is 4. The molecule has 0 saturated carbocycles. The summed E-state index contributed by atoms with van der Waals surface area (Å²) in [4.78, 5) is 2.27. The molecule has 0 N–H and O–H groups in total. The van der Waals surface area contributed by atoms with Crippen LogP contribution in [0.3, 0.4) is 0 Å². The summed E-state index contributed by atoms with van der Waals surface area (Å²) in [5.74, 6) is 0. The molecule has 1 aromatic rings. The van der Waals surface area contributed by atoms with Crippen molar-refractivity contribution in [1.82, 2.24) is 4.90 Å². The summed E-state index contributed by atoms with van der Waals surface area (Å²) in [7, 11) is 3.80. The second-order valence-electron chi connectivity index (χ2n) is 5.70. The maximum absolute atomic E-state index is 5.10. The fourth-order valence-electron chi connectivity index (χ4n) is 1.85. The molecule has 5 heteroatoms. The molecule has 3 fully saturated rings. The Bertz CT molecular complexity index is 338. The zero-order valence-corrected chi connectivity index (χ0v) is 15.5. The fourth-order valence-corrected chi connectivity index (χ4v) is 1.85. The van der Waals surface area contributed by atoms with Crippen molar-refractivity contribution in [3.05, 3.63) is 36.4 Å². The lowest BCUT2D eigenvalue weighted by Crippen LogP contribution is -2.27. The van der Waals surface area contributed by atoms with E-state index in [1.165, 1.54) is 0 Å². The fraction of sp³-hybridized carbons (Fsp3) is 0.684. The molecule has 0 aliphatic carbocycles. The third-order valence-electron chi connectivity index (χ3n) is 3.26. The van der Waals surface area contributed by atoms with E-state index in [4.69, 9.17) is 18.9 Å². The summed E-state index contributed by atoms with van der Waals surface area (Å²) < 4.78 is 19.8. The molecule has 3 atom stereocenters. The number of methoxy groups -OCH3 is 1. The van der Waals surface area contributed by atoms with E-state index < -0.39 is 0 Å². The lowest BCUT2D eigenvalue weighted by molar-refractivity contribution is 0.171. The number of hydrogen-bond donors (Lipinski definition) is 0. The van der Waals surface area contributed by atoms with Crippen LogP contribution in [0, 0.1) is 0 Å². The summed E-state index contributed by atoms with van der Waals surface area (Å²) in [6, 6.07) is 12.0. The van der Waals surface area contributed by atoms with Crippen LogP contribution in [0.2, 0.25) is 0 Å². The van der Waals surface area contributed by atoms with Crippen LogP contribution in [-0.2, 0) is 18.9 Å². The predicted molar refractivity (Wildman–Crippen MR) is 96.4 cm³/mol. The molecule has 0 spiro atoms. The Balaban J connectivity index is 0.000000180. The molecule has 0 aromatic heterocycles. The predicted octanol–water partition coefficient (Wildman–Crippen LogP) is 2.46. The molecular formula is C19H33NO4. The first kappa shape index (κ1) is 21.1. The average molecular weight is 339 g/mol. The van der Waals surface area contributed by atoms with Gasteiger partial charge in [-0.1, -0.05) is 50.2 Å². The van der Waals surface area contributed by atoms with Crippen molar-refractivity contribution in [2.45, 2.75) is 32.2 Å². The Morgan fingerprint density at radius 3 is 1.33 bits per heavy atom. The van der Waals surface area contributed by atoms with E-state index in [2.05, 4.69) is 11.9 Å². The summed E-state index contributed by atoms with van der Waals surface area (Å²) in [6.45, 7) is 9.71. The minimum absolute atomic E-state index is 0.426. The summed E-state index contributed by atoms with van der Waals surface area (Å²) in [6.07, 6.45) is 1.46. The zero-order chi connectivity index (χ0) is 17.6. The second kappa shape index (κ2) is 13.3. The van der Waals surface area contributed by atoms with Gasteiger partial charge in [0, 0.05) is 20.2 Å². The molecule has 4 rings (SSSR count). The Kier molecular flexibility index (Phi) is 11.7. The van der Waals surface area contributed by atoms with E-state index in [1.807, 2.05) is 50.2 Å². The summed E-state index contributed by atoms with van der Waals surface area (Å²) in [5, 5.41) is 0. The Morgan fingerprint density at radius 1 is 0.792 bits per heavy atom. The SMILES string of the molecule is CC.CN(CC1CO1)CC1CO1.COCC1CO1.c1ccccc1. The van der Waals surface area contributed by atoms with Gasteiger partial charge in [-0.25, -0.2) is 0 Å². The van der Waals surface area contributed by atoms with Crippen molar-refractivity contribution in [1.29, 1.82) is 0 Å². The first-order chi connectivity index (χ1) is 11.8. The Labute approximate surface area is 146 Å². The van der Waals surface area contributed by atoms with Gasteiger partial charge in [0.2, 0.25) is 0 Å². The number of hydrogen-bond acceptors (Lipinski definition) is 5. The molecule has 1 aromatic carbocycles. The lowest BCUT2D eigenvalue weighted by Gasteiger charge is -2.12. The van der Waals surface area contributed by atoms with Crippen LogP contribution in [0.15, 0.2) is 36.4 Å². The van der Waals surface area contributed by atoms with Crippen molar-refractivity contribution in [2.24, 2.45) is 0 Å². The molecule has 3 aliphatic rings. The minimum Gasteiger partial charge on any atom is -0.382 e. The maximum Gasteiger partial charge on any atom is 0.104 e. The molecule has 3 aliphatic heterocycles. The highest BCUT2D eigenvalue weighted by molar-refractivity contribution is 4.99. The third-order valence-corrected chi connectivity index (χ3v) is 3.26. The topological polar surface area (TPSA) is 50.1 Å². The van der Waals surface area contributed by atoms with Crippen molar-refractivity contribution in [3.63, 3.8) is 0 Å². The highest BCUT2D eigenvalue weighted by Crippen LogP contribution is 2.13. The van der Waals surface area contributed by atoms with Gasteiger partial charge in [-0.05, 0) is 7.05 Å². The smallest absolute Gasteiger partial charge is 0.104 e. The van der Waals surface area contributed by atoms with Crippen LogP contribution in [0.5, 0.6) is 0 Å². The molecule has 0 radical (unpaired) electrons. The number of benzene rings is 1. The number of rotatable bonds is 6. The van der Waals surface area contributed by atoms with Gasteiger partial charge in [0.05, 0.1) is 38.6 Å². The van der Waals surface area contributed by atoms with Crippen LogP contribution in [0.4, 0.5) is 0 Å². The van der Waals surface area contributed by atoms with Crippen molar-refractivity contribution in [3.8, 4) is 0 Å². The van der Waals surface area contributed by atoms with Crippen LogP contribution >= 0.6 is 0 Å². The van der Waals surface area contributed by atoms with Gasteiger partial charge in [-0.15, -0.1) is 0 Å². The van der Waals surface area contributed by atoms with E-state index in [0.717, 1.165) is 39.5 Å². The van der Waals surface area contributed by atoms with Crippen LogP contribution < -0.4 is 0 Å².